The van der Waals surface area contributed by atoms with Crippen molar-refractivity contribution < 1.29 is 38.5 Å². The molecular formula is C32H40N4O8. The minimum Gasteiger partial charge on any atom is -0.481 e. The van der Waals surface area contributed by atoms with Crippen LogP contribution < -0.4 is 15.5 Å². The number of fused-ring (bicyclic) bond motifs is 1. The zero-order chi connectivity index (χ0) is 32.1. The lowest BCUT2D eigenvalue weighted by Crippen LogP contribution is -2.45. The number of benzene rings is 2. The molecule has 1 aliphatic heterocycles. The van der Waals surface area contributed by atoms with Crippen molar-refractivity contribution in [2.24, 2.45) is 0 Å². The number of esters is 1. The molecule has 0 spiro atoms. The highest BCUT2D eigenvalue weighted by molar-refractivity contribution is 6.02. The maximum Gasteiger partial charge on any atom is 0.408 e. The topological polar surface area (TPSA) is 167 Å². The quantitative estimate of drug-likeness (QED) is 0.132. The van der Waals surface area contributed by atoms with Crippen LogP contribution >= 0.6 is 0 Å². The molecule has 236 valence electrons. The largest absolute Gasteiger partial charge is 0.481 e. The Morgan fingerprint density at radius 3 is 2.41 bits per heavy atom. The molecule has 0 aliphatic carbocycles. The van der Waals surface area contributed by atoms with Crippen molar-refractivity contribution in [3.63, 3.8) is 0 Å². The van der Waals surface area contributed by atoms with Gasteiger partial charge in [-0.1, -0.05) is 18.2 Å². The Bertz CT molecular complexity index is 1400. The SMILES string of the molecule is CC(C)(C)OC(=O)N[C@@H](CC(=O)O)C(=O)OCCOCCNC(=O)/C(C#N)=C/c1ccc2cc(N3CCCCC3)ccc2c1. The number of carboxylic acid groups (broad SMARTS) is 1. The number of amides is 2. The van der Waals surface area contributed by atoms with Crippen LogP contribution in [0.2, 0.25) is 0 Å². The van der Waals surface area contributed by atoms with Crippen LogP contribution in [0.4, 0.5) is 10.5 Å². The van der Waals surface area contributed by atoms with Gasteiger partial charge in [-0.2, -0.15) is 5.26 Å². The molecule has 12 nitrogen and oxygen atoms in total. The molecule has 1 saturated heterocycles. The number of piperidine rings is 1. The Kier molecular flexibility index (Phi) is 12.5. The van der Waals surface area contributed by atoms with E-state index < -0.39 is 42.0 Å². The number of alkyl carbamates (subject to hydrolysis) is 1. The van der Waals surface area contributed by atoms with Crippen LogP contribution in [-0.4, -0.2) is 80.1 Å². The Balaban J connectivity index is 1.42. The zero-order valence-corrected chi connectivity index (χ0v) is 25.4. The van der Waals surface area contributed by atoms with Crippen LogP contribution in [0.5, 0.6) is 0 Å². The molecule has 3 N–H and O–H groups in total. The van der Waals surface area contributed by atoms with Gasteiger partial charge in [-0.25, -0.2) is 9.59 Å². The van der Waals surface area contributed by atoms with Gasteiger partial charge in [0.1, 0.15) is 29.9 Å². The van der Waals surface area contributed by atoms with E-state index in [9.17, 15) is 24.4 Å². The van der Waals surface area contributed by atoms with E-state index in [0.29, 0.717) is 0 Å². The highest BCUT2D eigenvalue weighted by Crippen LogP contribution is 2.26. The second kappa shape index (κ2) is 16.3. The summed E-state index contributed by atoms with van der Waals surface area (Å²) >= 11 is 0. The number of carboxylic acids is 1. The highest BCUT2D eigenvalue weighted by Gasteiger charge is 2.27. The summed E-state index contributed by atoms with van der Waals surface area (Å²) in [5.74, 6) is -2.80. The van der Waals surface area contributed by atoms with Crippen LogP contribution in [-0.2, 0) is 28.6 Å². The summed E-state index contributed by atoms with van der Waals surface area (Å²) in [4.78, 5) is 50.2. The van der Waals surface area contributed by atoms with Crippen molar-refractivity contribution in [1.82, 2.24) is 10.6 Å². The molecule has 1 atom stereocenters. The van der Waals surface area contributed by atoms with Crippen LogP contribution in [0.1, 0.15) is 52.0 Å². The molecule has 0 unspecified atom stereocenters. The second-order valence-electron chi connectivity index (χ2n) is 11.3. The van der Waals surface area contributed by atoms with E-state index in [1.165, 1.54) is 31.0 Å². The molecule has 1 heterocycles. The number of rotatable bonds is 13. The van der Waals surface area contributed by atoms with Crippen molar-refractivity contribution in [2.75, 3.05) is 44.4 Å². The van der Waals surface area contributed by atoms with Crippen molar-refractivity contribution >= 4 is 46.5 Å². The van der Waals surface area contributed by atoms with Crippen molar-refractivity contribution in [2.45, 2.75) is 58.1 Å². The molecule has 1 fully saturated rings. The number of nitriles is 1. The molecule has 3 rings (SSSR count). The fourth-order valence-electron chi connectivity index (χ4n) is 4.56. The standard InChI is InChI=1S/C32H40N4O8/c1-32(2,3)44-31(41)35-27(20-28(37)38)30(40)43-16-15-42-14-11-34-29(39)25(21-33)18-22-7-8-24-19-26(10-9-23(24)17-22)36-12-5-4-6-13-36/h7-10,17-19,27H,4-6,11-16,20H2,1-3H3,(H,34,39)(H,35,41)(H,37,38)/b25-18+/t27-/m0/s1. The second-order valence-corrected chi connectivity index (χ2v) is 11.3. The summed E-state index contributed by atoms with van der Waals surface area (Å²) < 4.78 is 15.4. The molecule has 0 aromatic heterocycles. The maximum atomic E-state index is 12.6. The number of aliphatic carboxylic acids is 1. The monoisotopic (exact) mass is 608 g/mol. The minimum absolute atomic E-state index is 0.0364. The number of carbonyl (C=O) groups excluding carboxylic acids is 3. The number of nitrogens with one attached hydrogen (secondary N) is 2. The average Bonchev–Trinajstić information content (AvgIpc) is 2.97. The predicted molar refractivity (Wildman–Crippen MR) is 164 cm³/mol. The Morgan fingerprint density at radius 2 is 1.73 bits per heavy atom. The maximum absolute atomic E-state index is 12.6. The van der Waals surface area contributed by atoms with Crippen LogP contribution in [0.15, 0.2) is 42.0 Å². The first-order chi connectivity index (χ1) is 20.9. The van der Waals surface area contributed by atoms with Crippen molar-refractivity contribution in [1.29, 1.82) is 5.26 Å². The van der Waals surface area contributed by atoms with Gasteiger partial charge in [0.05, 0.1) is 19.6 Å². The molecule has 2 amide bonds. The molecule has 44 heavy (non-hydrogen) atoms. The number of anilines is 1. The van der Waals surface area contributed by atoms with Crippen LogP contribution in [0, 0.1) is 11.3 Å². The first-order valence-corrected chi connectivity index (χ1v) is 14.6. The van der Waals surface area contributed by atoms with E-state index in [4.69, 9.17) is 19.3 Å². The van der Waals surface area contributed by atoms with E-state index in [-0.39, 0.29) is 31.9 Å². The van der Waals surface area contributed by atoms with Gasteiger partial charge in [0.15, 0.2) is 0 Å². The molecule has 1 aliphatic rings. The lowest BCUT2D eigenvalue weighted by molar-refractivity contribution is -0.151. The summed E-state index contributed by atoms with van der Waals surface area (Å²) in [5, 5.41) is 25.5. The first-order valence-electron chi connectivity index (χ1n) is 14.6. The first kappa shape index (κ1) is 33.9. The summed E-state index contributed by atoms with van der Waals surface area (Å²) in [7, 11) is 0. The third kappa shape index (κ3) is 11.2. The molecule has 12 heteroatoms. The summed E-state index contributed by atoms with van der Waals surface area (Å²) in [6, 6.07) is 12.6. The van der Waals surface area contributed by atoms with Crippen molar-refractivity contribution in [3.05, 3.63) is 47.5 Å². The minimum atomic E-state index is -1.43. The van der Waals surface area contributed by atoms with Gasteiger partial charge in [0.25, 0.3) is 5.91 Å². The Morgan fingerprint density at radius 1 is 1.02 bits per heavy atom. The van der Waals surface area contributed by atoms with Crippen molar-refractivity contribution in [3.8, 4) is 6.07 Å². The predicted octanol–water partition coefficient (Wildman–Crippen LogP) is 3.78. The molecule has 0 bridgehead atoms. The summed E-state index contributed by atoms with van der Waals surface area (Å²) in [6.07, 6.45) is 3.59. The van der Waals surface area contributed by atoms with Crippen LogP contribution in [0.3, 0.4) is 0 Å². The van der Waals surface area contributed by atoms with Crippen LogP contribution in [0.25, 0.3) is 16.8 Å². The number of ether oxygens (including phenoxy) is 3. The van der Waals surface area contributed by atoms with Gasteiger partial charge in [-0.05, 0) is 80.6 Å². The highest BCUT2D eigenvalue weighted by atomic mass is 16.6. The zero-order valence-electron chi connectivity index (χ0n) is 25.4. The van der Waals surface area contributed by atoms with E-state index >= 15 is 0 Å². The van der Waals surface area contributed by atoms with Gasteiger partial charge < -0.3 is 34.9 Å². The number of carbonyl (C=O) groups is 4. The number of hydrogen-bond donors (Lipinski definition) is 3. The summed E-state index contributed by atoms with van der Waals surface area (Å²) in [6.45, 7) is 6.95. The Hall–Kier alpha value is -4.63. The fraction of sp³-hybridized carbons (Fsp3) is 0.469. The molecule has 0 radical (unpaired) electrons. The van der Waals surface area contributed by atoms with Gasteiger partial charge in [-0.15, -0.1) is 0 Å². The van der Waals surface area contributed by atoms with Gasteiger partial charge in [0, 0.05) is 25.3 Å². The third-order valence-corrected chi connectivity index (χ3v) is 6.60. The number of nitrogens with zero attached hydrogens (tertiary/aromatic N) is 2. The smallest absolute Gasteiger partial charge is 0.408 e. The summed E-state index contributed by atoms with van der Waals surface area (Å²) in [5.41, 5.74) is 1.05. The number of hydrogen-bond acceptors (Lipinski definition) is 9. The van der Waals surface area contributed by atoms with Gasteiger partial charge >= 0.3 is 18.0 Å². The molecular weight excluding hydrogens is 568 g/mol. The van der Waals surface area contributed by atoms with Gasteiger partial charge in [-0.3, -0.25) is 9.59 Å². The fourth-order valence-corrected chi connectivity index (χ4v) is 4.56. The lowest BCUT2D eigenvalue weighted by atomic mass is 10.0. The third-order valence-electron chi connectivity index (χ3n) is 6.60. The average molecular weight is 609 g/mol. The molecule has 0 saturated carbocycles. The lowest BCUT2D eigenvalue weighted by Gasteiger charge is -2.29. The van der Waals surface area contributed by atoms with Gasteiger partial charge in [0.2, 0.25) is 0 Å². The van der Waals surface area contributed by atoms with E-state index in [0.717, 1.165) is 29.4 Å². The normalized spacial score (nSPS) is 14.3. The van der Waals surface area contributed by atoms with E-state index in [2.05, 4.69) is 33.7 Å². The Labute approximate surface area is 256 Å². The molecule has 2 aromatic rings. The molecule has 2 aromatic carbocycles. The van der Waals surface area contributed by atoms with E-state index in [1.54, 1.807) is 20.8 Å². The van der Waals surface area contributed by atoms with E-state index in [1.807, 2.05) is 24.3 Å².